The smallest absolute Gasteiger partial charge is 0.338 e. The lowest BCUT2D eigenvalue weighted by Gasteiger charge is -2.04. The minimum atomic E-state index is -0.533. The molecule has 0 fully saturated rings. The molecule has 1 heterocycles. The second-order valence-corrected chi connectivity index (χ2v) is 5.00. The van der Waals surface area contributed by atoms with Gasteiger partial charge in [0, 0.05) is 11.6 Å². The third kappa shape index (κ3) is 4.85. The zero-order valence-electron chi connectivity index (χ0n) is 13.0. The Morgan fingerprint density at radius 3 is 2.57 bits per heavy atom. The first-order chi connectivity index (χ1) is 11.1. The Bertz CT molecular complexity index is 698. The number of nitrogens with two attached hydrogens (primary N) is 1. The number of hydrogen-bond donors (Lipinski definition) is 1. The number of ether oxygens (including phenoxy) is 1. The Labute approximate surface area is 134 Å². The standard InChI is InChI=1S/C18H19NO4/c1-2-3-12-22-18(21)14-6-4-13(5-7-14)16-10-8-15(23-16)9-11-17(19)20/h4-11H,2-3,12H2,1H3,(H2,19,20)/b11-9+. The van der Waals surface area contributed by atoms with Gasteiger partial charge in [-0.3, -0.25) is 4.79 Å². The number of amides is 1. The highest BCUT2D eigenvalue weighted by Gasteiger charge is 2.08. The Morgan fingerprint density at radius 2 is 1.91 bits per heavy atom. The molecule has 0 spiro atoms. The highest BCUT2D eigenvalue weighted by molar-refractivity contribution is 5.90. The summed E-state index contributed by atoms with van der Waals surface area (Å²) in [6.45, 7) is 2.48. The Balaban J connectivity index is 2.04. The van der Waals surface area contributed by atoms with Crippen LogP contribution in [0.1, 0.15) is 35.9 Å². The molecule has 0 aliphatic rings. The van der Waals surface area contributed by atoms with Crippen LogP contribution in [0.25, 0.3) is 17.4 Å². The molecule has 0 saturated heterocycles. The van der Waals surface area contributed by atoms with Crippen molar-refractivity contribution >= 4 is 18.0 Å². The van der Waals surface area contributed by atoms with Crippen molar-refractivity contribution in [1.82, 2.24) is 0 Å². The molecule has 1 aromatic heterocycles. The zero-order valence-corrected chi connectivity index (χ0v) is 13.0. The monoisotopic (exact) mass is 313 g/mol. The molecule has 0 aliphatic carbocycles. The Kier molecular flexibility index (Phi) is 5.74. The lowest BCUT2D eigenvalue weighted by atomic mass is 10.1. The van der Waals surface area contributed by atoms with Crippen LogP contribution in [-0.2, 0) is 9.53 Å². The maximum absolute atomic E-state index is 11.8. The van der Waals surface area contributed by atoms with Crippen molar-refractivity contribution in [3.05, 3.63) is 53.8 Å². The zero-order chi connectivity index (χ0) is 16.7. The number of esters is 1. The lowest BCUT2D eigenvalue weighted by molar-refractivity contribution is -0.113. The van der Waals surface area contributed by atoms with Gasteiger partial charge in [0.05, 0.1) is 12.2 Å². The molecule has 2 aromatic rings. The van der Waals surface area contributed by atoms with Gasteiger partial charge in [-0.15, -0.1) is 0 Å². The number of furan rings is 1. The van der Waals surface area contributed by atoms with Crippen LogP contribution in [0.4, 0.5) is 0 Å². The summed E-state index contributed by atoms with van der Waals surface area (Å²) in [5.41, 5.74) is 6.37. The first-order valence-electron chi connectivity index (χ1n) is 7.45. The fraction of sp³-hybridized carbons (Fsp3) is 0.222. The van der Waals surface area contributed by atoms with Gasteiger partial charge in [-0.25, -0.2) is 4.79 Å². The molecule has 5 heteroatoms. The van der Waals surface area contributed by atoms with Gasteiger partial charge in [-0.2, -0.15) is 0 Å². The van der Waals surface area contributed by atoms with E-state index in [4.69, 9.17) is 14.9 Å². The molecular weight excluding hydrogens is 294 g/mol. The predicted octanol–water partition coefficient (Wildman–Crippen LogP) is 3.40. The van der Waals surface area contributed by atoms with E-state index in [1.165, 1.54) is 12.2 Å². The van der Waals surface area contributed by atoms with Crippen LogP contribution in [0.2, 0.25) is 0 Å². The number of hydrogen-bond acceptors (Lipinski definition) is 4. The molecule has 2 rings (SSSR count). The van der Waals surface area contributed by atoms with Gasteiger partial charge < -0.3 is 14.9 Å². The van der Waals surface area contributed by atoms with Crippen LogP contribution >= 0.6 is 0 Å². The molecule has 0 bridgehead atoms. The van der Waals surface area contributed by atoms with E-state index in [2.05, 4.69) is 0 Å². The summed E-state index contributed by atoms with van der Waals surface area (Å²) < 4.78 is 10.7. The maximum atomic E-state index is 11.8. The summed E-state index contributed by atoms with van der Waals surface area (Å²) in [4.78, 5) is 22.5. The number of rotatable bonds is 7. The molecule has 1 amide bonds. The molecule has 23 heavy (non-hydrogen) atoms. The summed E-state index contributed by atoms with van der Waals surface area (Å²) >= 11 is 0. The van der Waals surface area contributed by atoms with Crippen LogP contribution in [0.15, 0.2) is 46.9 Å². The molecular formula is C18H19NO4. The van der Waals surface area contributed by atoms with Crippen molar-refractivity contribution in [1.29, 1.82) is 0 Å². The predicted molar refractivity (Wildman–Crippen MR) is 87.6 cm³/mol. The fourth-order valence-corrected chi connectivity index (χ4v) is 1.92. The van der Waals surface area contributed by atoms with Crippen molar-refractivity contribution in [2.45, 2.75) is 19.8 Å². The molecule has 2 N–H and O–H groups in total. The van der Waals surface area contributed by atoms with Gasteiger partial charge in [-0.05, 0) is 36.8 Å². The topological polar surface area (TPSA) is 82.5 Å². The summed E-state index contributed by atoms with van der Waals surface area (Å²) in [5, 5.41) is 0. The van der Waals surface area contributed by atoms with E-state index < -0.39 is 5.91 Å². The van der Waals surface area contributed by atoms with E-state index in [0.717, 1.165) is 18.4 Å². The molecule has 5 nitrogen and oxygen atoms in total. The second kappa shape index (κ2) is 7.98. The Hall–Kier alpha value is -2.82. The maximum Gasteiger partial charge on any atom is 0.338 e. The van der Waals surface area contributed by atoms with Crippen molar-refractivity contribution in [3.63, 3.8) is 0 Å². The van der Waals surface area contributed by atoms with Crippen LogP contribution in [0.5, 0.6) is 0 Å². The molecule has 1 aromatic carbocycles. The highest BCUT2D eigenvalue weighted by Crippen LogP contribution is 2.23. The summed E-state index contributed by atoms with van der Waals surface area (Å²) in [6.07, 6.45) is 4.58. The highest BCUT2D eigenvalue weighted by atomic mass is 16.5. The summed E-state index contributed by atoms with van der Waals surface area (Å²) in [5.74, 6) is 0.310. The number of unbranched alkanes of at least 4 members (excludes halogenated alkanes) is 1. The summed E-state index contributed by atoms with van der Waals surface area (Å²) in [7, 11) is 0. The van der Waals surface area contributed by atoms with Crippen molar-refractivity contribution in [3.8, 4) is 11.3 Å². The van der Waals surface area contributed by atoms with Crippen LogP contribution in [0, 0.1) is 0 Å². The molecule has 0 aliphatic heterocycles. The number of carbonyl (C=O) groups excluding carboxylic acids is 2. The van der Waals surface area contributed by atoms with Gasteiger partial charge >= 0.3 is 5.97 Å². The van der Waals surface area contributed by atoms with E-state index in [1.54, 1.807) is 36.4 Å². The molecule has 0 atom stereocenters. The first kappa shape index (κ1) is 16.5. The number of carbonyl (C=O) groups is 2. The quantitative estimate of drug-likeness (QED) is 0.482. The van der Waals surface area contributed by atoms with E-state index in [1.807, 2.05) is 6.92 Å². The van der Waals surface area contributed by atoms with Gasteiger partial charge in [-0.1, -0.05) is 25.5 Å². The van der Waals surface area contributed by atoms with Gasteiger partial charge in [0.15, 0.2) is 0 Å². The summed E-state index contributed by atoms with van der Waals surface area (Å²) in [6, 6.07) is 10.5. The van der Waals surface area contributed by atoms with Gasteiger partial charge in [0.25, 0.3) is 0 Å². The average molecular weight is 313 g/mol. The third-order valence-corrected chi connectivity index (χ3v) is 3.17. The molecule has 0 radical (unpaired) electrons. The molecule has 120 valence electrons. The normalized spacial score (nSPS) is 10.8. The minimum absolute atomic E-state index is 0.325. The number of primary amides is 1. The minimum Gasteiger partial charge on any atom is -0.462 e. The molecule has 0 unspecified atom stereocenters. The first-order valence-corrected chi connectivity index (χ1v) is 7.45. The number of benzene rings is 1. The van der Waals surface area contributed by atoms with Crippen molar-refractivity contribution < 1.29 is 18.7 Å². The van der Waals surface area contributed by atoms with E-state index >= 15 is 0 Å². The van der Waals surface area contributed by atoms with E-state index in [0.29, 0.717) is 23.7 Å². The van der Waals surface area contributed by atoms with Crippen molar-refractivity contribution in [2.75, 3.05) is 6.61 Å². The largest absolute Gasteiger partial charge is 0.462 e. The second-order valence-electron chi connectivity index (χ2n) is 5.00. The fourth-order valence-electron chi connectivity index (χ4n) is 1.92. The Morgan fingerprint density at radius 1 is 1.17 bits per heavy atom. The van der Waals surface area contributed by atoms with E-state index in [9.17, 15) is 9.59 Å². The van der Waals surface area contributed by atoms with Crippen LogP contribution in [-0.4, -0.2) is 18.5 Å². The van der Waals surface area contributed by atoms with Crippen molar-refractivity contribution in [2.24, 2.45) is 5.73 Å². The van der Waals surface area contributed by atoms with Crippen LogP contribution < -0.4 is 5.73 Å². The van der Waals surface area contributed by atoms with E-state index in [-0.39, 0.29) is 5.97 Å². The SMILES string of the molecule is CCCCOC(=O)c1ccc(-c2ccc(/C=C/C(N)=O)o2)cc1. The average Bonchev–Trinajstić information content (AvgIpc) is 3.02. The third-order valence-electron chi connectivity index (χ3n) is 3.17. The van der Waals surface area contributed by atoms with Gasteiger partial charge in [0.1, 0.15) is 11.5 Å². The van der Waals surface area contributed by atoms with Gasteiger partial charge in [0.2, 0.25) is 5.91 Å². The van der Waals surface area contributed by atoms with Crippen LogP contribution in [0.3, 0.4) is 0 Å². The lowest BCUT2D eigenvalue weighted by Crippen LogP contribution is -2.05. The molecule has 0 saturated carbocycles.